The molecule has 0 fully saturated rings. The molecule has 3 aromatic rings. The summed E-state index contributed by atoms with van der Waals surface area (Å²) in [6.07, 6.45) is -0.671. The van der Waals surface area contributed by atoms with Gasteiger partial charge in [0, 0.05) is 12.3 Å². The number of ether oxygens (including phenoxy) is 1. The Balaban J connectivity index is 1.56. The number of hydrogen-bond donors (Lipinski definition) is 3. The molecule has 0 bridgehead atoms. The predicted molar refractivity (Wildman–Crippen MR) is 124 cm³/mol. The van der Waals surface area contributed by atoms with Crippen LogP contribution in [0.4, 0.5) is 9.93 Å². The summed E-state index contributed by atoms with van der Waals surface area (Å²) < 4.78 is 10.9. The van der Waals surface area contributed by atoms with E-state index in [9.17, 15) is 14.4 Å². The van der Waals surface area contributed by atoms with Gasteiger partial charge in [-0.25, -0.2) is 9.78 Å². The Labute approximate surface area is 195 Å². The summed E-state index contributed by atoms with van der Waals surface area (Å²) in [6.45, 7) is 5.48. The second kappa shape index (κ2) is 11.3. The van der Waals surface area contributed by atoms with Gasteiger partial charge >= 0.3 is 6.09 Å². The molecule has 0 saturated carbocycles. The van der Waals surface area contributed by atoms with E-state index in [1.54, 1.807) is 17.5 Å². The average Bonchev–Trinajstić information content (AvgIpc) is 3.44. The number of alkyl carbamates (subject to hydrolysis) is 1. The number of amides is 3. The summed E-state index contributed by atoms with van der Waals surface area (Å²) in [5.74, 6) is 0.402. The number of aromatic nitrogens is 1. The Morgan fingerprint density at radius 3 is 2.58 bits per heavy atom. The highest BCUT2D eigenvalue weighted by Gasteiger charge is 2.26. The van der Waals surface area contributed by atoms with Gasteiger partial charge in [0.25, 0.3) is 0 Å². The van der Waals surface area contributed by atoms with E-state index in [0.29, 0.717) is 22.3 Å². The van der Waals surface area contributed by atoms with Gasteiger partial charge in [-0.05, 0) is 23.6 Å². The Bertz CT molecular complexity index is 1090. The van der Waals surface area contributed by atoms with Crippen molar-refractivity contribution in [1.82, 2.24) is 15.6 Å². The molecule has 9 nitrogen and oxygen atoms in total. The summed E-state index contributed by atoms with van der Waals surface area (Å²) in [7, 11) is 0. The Kier molecular flexibility index (Phi) is 8.20. The molecule has 0 radical (unpaired) electrons. The fourth-order valence-electron chi connectivity index (χ4n) is 2.88. The maximum Gasteiger partial charge on any atom is 0.408 e. The normalized spacial score (nSPS) is 11.6. The fourth-order valence-corrected chi connectivity index (χ4v) is 3.58. The summed E-state index contributed by atoms with van der Waals surface area (Å²) in [5, 5.41) is 10.2. The quantitative estimate of drug-likeness (QED) is 0.436. The van der Waals surface area contributed by atoms with E-state index < -0.39 is 18.0 Å². The SMILES string of the molecule is CC(=O)NCc1ccc(-c2csc(NC(=O)[C@@H](NC(=O)OCc3ccccc3)C(C)C)n2)o1. The molecule has 174 valence electrons. The minimum absolute atomic E-state index is 0.113. The van der Waals surface area contributed by atoms with E-state index in [1.807, 2.05) is 44.2 Å². The first kappa shape index (κ1) is 24.0. The van der Waals surface area contributed by atoms with Gasteiger partial charge in [-0.3, -0.25) is 9.59 Å². The minimum Gasteiger partial charge on any atom is -0.458 e. The molecule has 3 N–H and O–H groups in total. The maximum absolute atomic E-state index is 12.8. The van der Waals surface area contributed by atoms with Crippen LogP contribution in [0.5, 0.6) is 0 Å². The molecule has 0 aliphatic heterocycles. The molecule has 2 heterocycles. The van der Waals surface area contributed by atoms with Crippen LogP contribution in [0.3, 0.4) is 0 Å². The van der Waals surface area contributed by atoms with Crippen molar-refractivity contribution in [2.75, 3.05) is 5.32 Å². The van der Waals surface area contributed by atoms with Crippen LogP contribution in [-0.2, 0) is 27.5 Å². The topological polar surface area (TPSA) is 123 Å². The lowest BCUT2D eigenvalue weighted by atomic mass is 10.0. The molecule has 0 spiro atoms. The Morgan fingerprint density at radius 2 is 1.88 bits per heavy atom. The zero-order chi connectivity index (χ0) is 23.8. The first-order chi connectivity index (χ1) is 15.8. The first-order valence-corrected chi connectivity index (χ1v) is 11.3. The zero-order valence-electron chi connectivity index (χ0n) is 18.6. The molecule has 0 aliphatic rings. The molecule has 10 heteroatoms. The van der Waals surface area contributed by atoms with Crippen molar-refractivity contribution in [3.8, 4) is 11.5 Å². The smallest absolute Gasteiger partial charge is 0.408 e. The molecular weight excluding hydrogens is 444 g/mol. The molecule has 33 heavy (non-hydrogen) atoms. The van der Waals surface area contributed by atoms with Crippen molar-refractivity contribution >= 4 is 34.4 Å². The maximum atomic E-state index is 12.8. The molecule has 0 unspecified atom stereocenters. The molecule has 0 aliphatic carbocycles. The summed E-state index contributed by atoms with van der Waals surface area (Å²) in [6, 6.07) is 12.0. The van der Waals surface area contributed by atoms with Crippen molar-refractivity contribution < 1.29 is 23.5 Å². The standard InChI is InChI=1S/C23H26N4O5S/c1-14(2)20(26-23(30)31-12-16-7-5-4-6-8-16)21(29)27-22-25-18(13-33-22)19-10-9-17(32-19)11-24-15(3)28/h4-10,13-14,20H,11-12H2,1-3H3,(H,24,28)(H,26,30)(H,25,27,29)/t20-/m0/s1. The van der Waals surface area contributed by atoms with Crippen LogP contribution in [0, 0.1) is 5.92 Å². The van der Waals surface area contributed by atoms with E-state index in [2.05, 4.69) is 20.9 Å². The van der Waals surface area contributed by atoms with Crippen LogP contribution in [-0.4, -0.2) is 28.9 Å². The Morgan fingerprint density at radius 1 is 1.12 bits per heavy atom. The van der Waals surface area contributed by atoms with Crippen molar-refractivity contribution in [1.29, 1.82) is 0 Å². The number of carbonyl (C=O) groups is 3. The number of anilines is 1. The zero-order valence-corrected chi connectivity index (χ0v) is 19.4. The predicted octanol–water partition coefficient (Wildman–Crippen LogP) is 3.93. The number of nitrogens with zero attached hydrogens (tertiary/aromatic N) is 1. The molecule has 2 aromatic heterocycles. The third-order valence-corrected chi connectivity index (χ3v) is 5.35. The molecule has 1 atom stereocenters. The summed E-state index contributed by atoms with van der Waals surface area (Å²) >= 11 is 1.24. The van der Waals surface area contributed by atoms with E-state index in [1.165, 1.54) is 18.3 Å². The third kappa shape index (κ3) is 7.18. The van der Waals surface area contributed by atoms with E-state index in [4.69, 9.17) is 9.15 Å². The van der Waals surface area contributed by atoms with Crippen LogP contribution in [0.1, 0.15) is 32.1 Å². The third-order valence-electron chi connectivity index (χ3n) is 4.60. The van der Waals surface area contributed by atoms with E-state index in [0.717, 1.165) is 5.56 Å². The number of carbonyl (C=O) groups excluding carboxylic acids is 3. The average molecular weight is 471 g/mol. The van der Waals surface area contributed by atoms with Gasteiger partial charge in [0.05, 0.1) is 6.54 Å². The largest absolute Gasteiger partial charge is 0.458 e. The summed E-state index contributed by atoms with van der Waals surface area (Å²) in [4.78, 5) is 40.4. The van der Waals surface area contributed by atoms with Crippen LogP contribution >= 0.6 is 11.3 Å². The van der Waals surface area contributed by atoms with Crippen molar-refractivity contribution in [3.63, 3.8) is 0 Å². The molecule has 1 aromatic carbocycles. The van der Waals surface area contributed by atoms with Gasteiger partial charge in [0.2, 0.25) is 11.8 Å². The van der Waals surface area contributed by atoms with E-state index in [-0.39, 0.29) is 25.0 Å². The van der Waals surface area contributed by atoms with Crippen LogP contribution < -0.4 is 16.0 Å². The van der Waals surface area contributed by atoms with Crippen LogP contribution in [0.15, 0.2) is 52.3 Å². The van der Waals surface area contributed by atoms with Gasteiger partial charge in [-0.15, -0.1) is 11.3 Å². The number of benzene rings is 1. The van der Waals surface area contributed by atoms with Crippen molar-refractivity contribution in [2.45, 2.75) is 40.0 Å². The van der Waals surface area contributed by atoms with E-state index >= 15 is 0 Å². The highest BCUT2D eigenvalue weighted by molar-refractivity contribution is 7.14. The number of thiazole rings is 1. The lowest BCUT2D eigenvalue weighted by molar-refractivity contribution is -0.119. The highest BCUT2D eigenvalue weighted by atomic mass is 32.1. The van der Waals surface area contributed by atoms with Crippen molar-refractivity contribution in [2.24, 2.45) is 5.92 Å². The minimum atomic E-state index is -0.798. The monoisotopic (exact) mass is 470 g/mol. The van der Waals surface area contributed by atoms with Crippen LogP contribution in [0.2, 0.25) is 0 Å². The highest BCUT2D eigenvalue weighted by Crippen LogP contribution is 2.27. The first-order valence-electron chi connectivity index (χ1n) is 10.4. The van der Waals surface area contributed by atoms with Crippen molar-refractivity contribution in [3.05, 3.63) is 59.2 Å². The van der Waals surface area contributed by atoms with Gasteiger partial charge in [0.1, 0.15) is 24.1 Å². The number of furan rings is 1. The van der Waals surface area contributed by atoms with Gasteiger partial charge in [-0.2, -0.15) is 0 Å². The molecule has 3 rings (SSSR count). The van der Waals surface area contributed by atoms with Gasteiger partial charge < -0.3 is 25.1 Å². The second-order valence-corrected chi connectivity index (χ2v) is 8.49. The summed E-state index contributed by atoms with van der Waals surface area (Å²) in [5.41, 5.74) is 1.41. The number of nitrogens with one attached hydrogen (secondary N) is 3. The fraction of sp³-hybridized carbons (Fsp3) is 0.304. The molecule has 3 amide bonds. The van der Waals surface area contributed by atoms with Gasteiger partial charge in [0.15, 0.2) is 10.9 Å². The molecule has 0 saturated heterocycles. The number of hydrogen-bond acceptors (Lipinski definition) is 7. The van der Waals surface area contributed by atoms with Crippen LogP contribution in [0.25, 0.3) is 11.5 Å². The van der Waals surface area contributed by atoms with Gasteiger partial charge in [-0.1, -0.05) is 44.2 Å². The molecular formula is C23H26N4O5S. The second-order valence-electron chi connectivity index (χ2n) is 7.63. The lowest BCUT2D eigenvalue weighted by Crippen LogP contribution is -2.47. The Hall–Kier alpha value is -3.66. The lowest BCUT2D eigenvalue weighted by Gasteiger charge is -2.20. The number of rotatable bonds is 9.